The van der Waals surface area contributed by atoms with Crippen LogP contribution in [0.1, 0.15) is 58.8 Å². The molecule has 1 saturated carbocycles. The third kappa shape index (κ3) is 3.73. The lowest BCUT2D eigenvalue weighted by molar-refractivity contribution is -0.150. The van der Waals surface area contributed by atoms with Crippen LogP contribution in [-0.4, -0.2) is 48.8 Å². The Morgan fingerprint density at radius 2 is 2.05 bits per heavy atom. The third-order valence-corrected chi connectivity index (χ3v) is 4.95. The summed E-state index contributed by atoms with van der Waals surface area (Å²) in [7, 11) is 0. The highest BCUT2D eigenvalue weighted by Crippen LogP contribution is 2.37. The van der Waals surface area contributed by atoms with Crippen molar-refractivity contribution in [2.24, 2.45) is 0 Å². The molecule has 0 aromatic heterocycles. The average Bonchev–Trinajstić information content (AvgIpc) is 2.48. The van der Waals surface area contributed by atoms with E-state index in [9.17, 15) is 4.79 Å². The molecule has 2 rings (SSSR count). The summed E-state index contributed by atoms with van der Waals surface area (Å²) in [6, 6.07) is 0. The summed E-state index contributed by atoms with van der Waals surface area (Å²) in [5.74, 6) is -0.131. The molecule has 1 unspecified atom stereocenters. The van der Waals surface area contributed by atoms with Crippen LogP contribution in [0.4, 0.5) is 0 Å². The average molecular weight is 283 g/mol. The van der Waals surface area contributed by atoms with Crippen molar-refractivity contribution in [1.82, 2.24) is 4.90 Å². The van der Waals surface area contributed by atoms with E-state index in [4.69, 9.17) is 9.47 Å². The molecule has 20 heavy (non-hydrogen) atoms. The predicted octanol–water partition coefficient (Wildman–Crippen LogP) is 2.75. The molecule has 0 aromatic carbocycles. The van der Waals surface area contributed by atoms with E-state index in [1.807, 2.05) is 6.92 Å². The summed E-state index contributed by atoms with van der Waals surface area (Å²) in [5.41, 5.74) is 0.356. The van der Waals surface area contributed by atoms with Gasteiger partial charge in [0.2, 0.25) is 0 Å². The van der Waals surface area contributed by atoms with E-state index < -0.39 is 0 Å². The molecule has 0 N–H and O–H groups in total. The Bertz CT molecular complexity index is 313. The molecule has 4 nitrogen and oxygen atoms in total. The second-order valence-corrected chi connectivity index (χ2v) is 6.09. The van der Waals surface area contributed by atoms with Crippen LogP contribution in [0.3, 0.4) is 0 Å². The molecule has 0 amide bonds. The molecule has 1 aliphatic carbocycles. The van der Waals surface area contributed by atoms with E-state index in [2.05, 4.69) is 11.8 Å². The van der Waals surface area contributed by atoms with Gasteiger partial charge in [-0.1, -0.05) is 26.2 Å². The largest absolute Gasteiger partial charge is 0.466 e. The van der Waals surface area contributed by atoms with Gasteiger partial charge in [0.05, 0.1) is 25.7 Å². The van der Waals surface area contributed by atoms with Crippen molar-refractivity contribution in [1.29, 1.82) is 0 Å². The third-order valence-electron chi connectivity index (χ3n) is 4.95. The fourth-order valence-electron chi connectivity index (χ4n) is 3.78. The van der Waals surface area contributed by atoms with Gasteiger partial charge >= 0.3 is 5.97 Å². The van der Waals surface area contributed by atoms with Crippen molar-refractivity contribution in [3.8, 4) is 0 Å². The normalized spacial score (nSPS) is 27.2. The van der Waals surface area contributed by atoms with Gasteiger partial charge in [-0.15, -0.1) is 0 Å². The standard InChI is InChI=1S/C16H29NO3/c1-3-16(8-6-5-7-9-16)17-10-11-20-14(13-17)12-15(18)19-4-2/h14H,3-13H2,1-2H3. The first-order valence-electron chi connectivity index (χ1n) is 8.22. The minimum absolute atomic E-state index is 0.00755. The zero-order valence-corrected chi connectivity index (χ0v) is 13.0. The Kier molecular flexibility index (Phi) is 5.85. The van der Waals surface area contributed by atoms with Crippen LogP contribution in [0, 0.1) is 0 Å². The van der Waals surface area contributed by atoms with Gasteiger partial charge in [0, 0.05) is 18.6 Å². The minimum Gasteiger partial charge on any atom is -0.466 e. The summed E-state index contributed by atoms with van der Waals surface area (Å²) >= 11 is 0. The maximum Gasteiger partial charge on any atom is 0.308 e. The van der Waals surface area contributed by atoms with Gasteiger partial charge in [-0.25, -0.2) is 0 Å². The summed E-state index contributed by atoms with van der Waals surface area (Å²) in [6.45, 7) is 7.24. The Labute approximate surface area is 122 Å². The first-order valence-corrected chi connectivity index (χ1v) is 8.22. The monoisotopic (exact) mass is 283 g/mol. The van der Waals surface area contributed by atoms with Crippen LogP contribution in [0.15, 0.2) is 0 Å². The number of nitrogens with zero attached hydrogens (tertiary/aromatic N) is 1. The summed E-state index contributed by atoms with van der Waals surface area (Å²) < 4.78 is 10.8. The Morgan fingerprint density at radius 3 is 2.70 bits per heavy atom. The fourth-order valence-corrected chi connectivity index (χ4v) is 3.78. The molecule has 1 saturated heterocycles. The van der Waals surface area contributed by atoms with Crippen molar-refractivity contribution in [3.63, 3.8) is 0 Å². The lowest BCUT2D eigenvalue weighted by atomic mass is 9.78. The Morgan fingerprint density at radius 1 is 1.30 bits per heavy atom. The highest BCUT2D eigenvalue weighted by molar-refractivity contribution is 5.69. The van der Waals surface area contributed by atoms with Crippen LogP contribution in [0.5, 0.6) is 0 Å². The molecular weight excluding hydrogens is 254 g/mol. The van der Waals surface area contributed by atoms with Crippen LogP contribution in [0.2, 0.25) is 0 Å². The molecular formula is C16H29NO3. The number of rotatable bonds is 5. The molecule has 1 heterocycles. The SMILES string of the molecule is CCOC(=O)CC1CN(C2(CC)CCCCC2)CCO1. The van der Waals surface area contributed by atoms with E-state index in [0.717, 1.165) is 19.7 Å². The number of hydrogen-bond acceptors (Lipinski definition) is 4. The number of ether oxygens (including phenoxy) is 2. The Hall–Kier alpha value is -0.610. The molecule has 4 heteroatoms. The predicted molar refractivity (Wildman–Crippen MR) is 78.7 cm³/mol. The number of morpholine rings is 1. The van der Waals surface area contributed by atoms with E-state index in [-0.39, 0.29) is 12.1 Å². The quantitative estimate of drug-likeness (QED) is 0.727. The van der Waals surface area contributed by atoms with Gasteiger partial charge in [-0.05, 0) is 26.2 Å². The molecule has 116 valence electrons. The fraction of sp³-hybridized carbons (Fsp3) is 0.938. The highest BCUT2D eigenvalue weighted by atomic mass is 16.5. The van der Waals surface area contributed by atoms with E-state index in [0.29, 0.717) is 18.6 Å². The number of carbonyl (C=O) groups excluding carboxylic acids is 1. The van der Waals surface area contributed by atoms with Gasteiger partial charge < -0.3 is 9.47 Å². The van der Waals surface area contributed by atoms with Crippen LogP contribution in [-0.2, 0) is 14.3 Å². The first kappa shape index (κ1) is 15.8. The van der Waals surface area contributed by atoms with Crippen LogP contribution >= 0.6 is 0 Å². The van der Waals surface area contributed by atoms with Crippen LogP contribution < -0.4 is 0 Å². The topological polar surface area (TPSA) is 38.8 Å². The highest BCUT2D eigenvalue weighted by Gasteiger charge is 2.39. The summed E-state index contributed by atoms with van der Waals surface area (Å²) in [4.78, 5) is 14.2. The van der Waals surface area contributed by atoms with Gasteiger partial charge in [0.15, 0.2) is 0 Å². The second kappa shape index (κ2) is 7.41. The van der Waals surface area contributed by atoms with Crippen molar-refractivity contribution in [2.45, 2.75) is 70.4 Å². The minimum atomic E-state index is -0.131. The van der Waals surface area contributed by atoms with Crippen molar-refractivity contribution in [3.05, 3.63) is 0 Å². The van der Waals surface area contributed by atoms with Crippen molar-refractivity contribution >= 4 is 5.97 Å². The van der Waals surface area contributed by atoms with Gasteiger partial charge in [0.1, 0.15) is 0 Å². The second-order valence-electron chi connectivity index (χ2n) is 6.09. The molecule has 0 bridgehead atoms. The molecule has 2 aliphatic rings. The zero-order valence-electron chi connectivity index (χ0n) is 13.0. The van der Waals surface area contributed by atoms with Gasteiger partial charge in [-0.2, -0.15) is 0 Å². The lowest BCUT2D eigenvalue weighted by Crippen LogP contribution is -2.56. The molecule has 0 radical (unpaired) electrons. The maximum absolute atomic E-state index is 11.6. The first-order chi connectivity index (χ1) is 9.70. The molecule has 0 spiro atoms. The number of hydrogen-bond donors (Lipinski definition) is 0. The van der Waals surface area contributed by atoms with Gasteiger partial charge in [0.25, 0.3) is 0 Å². The van der Waals surface area contributed by atoms with Crippen molar-refractivity contribution < 1.29 is 14.3 Å². The van der Waals surface area contributed by atoms with Crippen LogP contribution in [0.25, 0.3) is 0 Å². The van der Waals surface area contributed by atoms with Crippen molar-refractivity contribution in [2.75, 3.05) is 26.3 Å². The van der Waals surface area contributed by atoms with Gasteiger partial charge in [-0.3, -0.25) is 9.69 Å². The molecule has 2 fully saturated rings. The molecule has 0 aromatic rings. The molecule has 1 aliphatic heterocycles. The van der Waals surface area contributed by atoms with E-state index >= 15 is 0 Å². The van der Waals surface area contributed by atoms with E-state index in [1.54, 1.807) is 0 Å². The van der Waals surface area contributed by atoms with E-state index in [1.165, 1.54) is 38.5 Å². The Balaban J connectivity index is 1.93. The molecule has 1 atom stereocenters. The maximum atomic E-state index is 11.6. The lowest BCUT2D eigenvalue weighted by Gasteiger charge is -2.49. The summed E-state index contributed by atoms with van der Waals surface area (Å²) in [6.07, 6.45) is 8.27. The zero-order chi connectivity index (χ0) is 14.4. The summed E-state index contributed by atoms with van der Waals surface area (Å²) in [5, 5.41) is 0. The smallest absolute Gasteiger partial charge is 0.308 e. The number of esters is 1. The number of carbonyl (C=O) groups is 1.